The molecule has 0 radical (unpaired) electrons. The van der Waals surface area contributed by atoms with Crippen molar-refractivity contribution in [1.82, 2.24) is 9.97 Å². The minimum atomic E-state index is -0.251. The molecular formula is C15H20N4OS. The predicted molar refractivity (Wildman–Crippen MR) is 87.3 cm³/mol. The fourth-order valence-electron chi connectivity index (χ4n) is 2.13. The van der Waals surface area contributed by atoms with E-state index in [0.29, 0.717) is 5.16 Å². The van der Waals surface area contributed by atoms with Gasteiger partial charge < -0.3 is 16.5 Å². The van der Waals surface area contributed by atoms with Gasteiger partial charge in [-0.2, -0.15) is 0 Å². The number of aromatic amines is 1. The number of nitrogens with zero attached hydrogens (tertiary/aromatic N) is 1. The smallest absolute Gasteiger partial charge is 0.253 e. The second-order valence-electron chi connectivity index (χ2n) is 4.94. The lowest BCUT2D eigenvalue weighted by Gasteiger charge is -2.23. The Balaban J connectivity index is 2.37. The number of nitrogens with one attached hydrogen (secondary N) is 1. The molecule has 5 N–H and O–H groups in total. The lowest BCUT2D eigenvalue weighted by Crippen LogP contribution is -2.26. The maximum Gasteiger partial charge on any atom is 0.253 e. The summed E-state index contributed by atoms with van der Waals surface area (Å²) >= 11 is 1.45. The molecule has 0 saturated carbocycles. The Morgan fingerprint density at radius 2 is 2.10 bits per heavy atom. The van der Waals surface area contributed by atoms with Gasteiger partial charge in [0.2, 0.25) is 0 Å². The molecule has 6 heteroatoms. The summed E-state index contributed by atoms with van der Waals surface area (Å²) in [6.45, 7) is 4.10. The van der Waals surface area contributed by atoms with Gasteiger partial charge in [0.15, 0.2) is 5.16 Å². The van der Waals surface area contributed by atoms with Crippen molar-refractivity contribution in [2.45, 2.75) is 36.7 Å². The first-order valence-electron chi connectivity index (χ1n) is 6.86. The highest BCUT2D eigenvalue weighted by atomic mass is 32.2. The fraction of sp³-hybridized carbons (Fsp3) is 0.333. The molecule has 0 saturated heterocycles. The standard InChI is InChI=1S/C15H20N4OS/c1-3-11(16)14(10-7-5-4-6-9(10)2)21-15-18-12(17)8-13(20)19-15/h4-8,11,14H,3,16H2,1-2H3,(H3,17,18,19,20). The van der Waals surface area contributed by atoms with Gasteiger partial charge in [0, 0.05) is 12.1 Å². The molecule has 5 nitrogen and oxygen atoms in total. The largest absolute Gasteiger partial charge is 0.383 e. The summed E-state index contributed by atoms with van der Waals surface area (Å²) in [5, 5.41) is 0.512. The summed E-state index contributed by atoms with van der Waals surface area (Å²) in [4.78, 5) is 18.4. The van der Waals surface area contributed by atoms with Crippen LogP contribution >= 0.6 is 11.8 Å². The molecule has 0 aliphatic rings. The Labute approximate surface area is 128 Å². The number of aromatic nitrogens is 2. The molecule has 0 bridgehead atoms. The van der Waals surface area contributed by atoms with Gasteiger partial charge in [-0.15, -0.1) is 0 Å². The Kier molecular flexibility index (Phi) is 5.03. The average molecular weight is 304 g/mol. The van der Waals surface area contributed by atoms with Crippen molar-refractivity contribution in [2.24, 2.45) is 5.73 Å². The fourth-order valence-corrected chi connectivity index (χ4v) is 3.45. The van der Waals surface area contributed by atoms with Gasteiger partial charge in [0.05, 0.1) is 5.25 Å². The molecule has 112 valence electrons. The van der Waals surface area contributed by atoms with Crippen molar-refractivity contribution in [3.05, 3.63) is 51.8 Å². The minimum absolute atomic E-state index is 0.0150. The van der Waals surface area contributed by atoms with Crippen molar-refractivity contribution >= 4 is 17.6 Å². The third kappa shape index (κ3) is 3.86. The molecule has 2 aromatic rings. The molecule has 21 heavy (non-hydrogen) atoms. The lowest BCUT2D eigenvalue weighted by atomic mass is 10.00. The number of H-pyrrole nitrogens is 1. The zero-order chi connectivity index (χ0) is 15.4. The zero-order valence-electron chi connectivity index (χ0n) is 12.2. The predicted octanol–water partition coefficient (Wildman–Crippen LogP) is 2.23. The topological polar surface area (TPSA) is 97.8 Å². The normalized spacial score (nSPS) is 13.9. The van der Waals surface area contributed by atoms with Crippen molar-refractivity contribution in [2.75, 3.05) is 5.73 Å². The molecule has 2 unspecified atom stereocenters. The third-order valence-electron chi connectivity index (χ3n) is 3.33. The monoisotopic (exact) mass is 304 g/mol. The number of anilines is 1. The lowest BCUT2D eigenvalue weighted by molar-refractivity contribution is 0.630. The number of rotatable bonds is 5. The second kappa shape index (κ2) is 6.78. The molecule has 0 aliphatic carbocycles. The summed E-state index contributed by atoms with van der Waals surface area (Å²) < 4.78 is 0. The molecule has 0 fully saturated rings. The highest BCUT2D eigenvalue weighted by molar-refractivity contribution is 7.99. The molecule has 1 heterocycles. The molecule has 1 aromatic carbocycles. The minimum Gasteiger partial charge on any atom is -0.383 e. The Bertz CT molecular complexity index is 671. The number of hydrogen-bond acceptors (Lipinski definition) is 5. The molecule has 1 aromatic heterocycles. The van der Waals surface area contributed by atoms with E-state index in [1.54, 1.807) is 0 Å². The summed E-state index contributed by atoms with van der Waals surface area (Å²) in [5.41, 5.74) is 14.0. The van der Waals surface area contributed by atoms with Gasteiger partial charge >= 0.3 is 0 Å². The Morgan fingerprint density at radius 1 is 1.38 bits per heavy atom. The summed E-state index contributed by atoms with van der Waals surface area (Å²) in [7, 11) is 0. The molecule has 0 spiro atoms. The van der Waals surface area contributed by atoms with E-state index < -0.39 is 0 Å². The summed E-state index contributed by atoms with van der Waals surface area (Å²) in [6.07, 6.45) is 0.832. The van der Waals surface area contributed by atoms with Crippen LogP contribution in [0.4, 0.5) is 5.82 Å². The van der Waals surface area contributed by atoms with Gasteiger partial charge in [0.25, 0.3) is 5.56 Å². The van der Waals surface area contributed by atoms with Crippen molar-refractivity contribution in [3.8, 4) is 0 Å². The van der Waals surface area contributed by atoms with Gasteiger partial charge in [-0.3, -0.25) is 4.79 Å². The number of nitrogens with two attached hydrogens (primary N) is 2. The second-order valence-corrected chi connectivity index (χ2v) is 6.07. The number of hydrogen-bond donors (Lipinski definition) is 3. The van der Waals surface area contributed by atoms with Crippen LogP contribution in [0.25, 0.3) is 0 Å². The third-order valence-corrected chi connectivity index (χ3v) is 4.61. The summed E-state index contributed by atoms with van der Waals surface area (Å²) in [5.74, 6) is 0.217. The molecule has 0 aliphatic heterocycles. The molecule has 2 rings (SSSR count). The van der Waals surface area contributed by atoms with Gasteiger partial charge in [-0.05, 0) is 24.5 Å². The van der Waals surface area contributed by atoms with E-state index in [1.807, 2.05) is 19.1 Å². The zero-order valence-corrected chi connectivity index (χ0v) is 13.0. The van der Waals surface area contributed by atoms with Crippen LogP contribution in [0, 0.1) is 6.92 Å². The SMILES string of the molecule is CCC(N)C(Sc1nc(N)cc(=O)[nH]1)c1ccccc1C. The van der Waals surface area contributed by atoms with E-state index in [-0.39, 0.29) is 22.7 Å². The number of nitrogen functional groups attached to an aromatic ring is 1. The average Bonchev–Trinajstić information content (AvgIpc) is 2.44. The van der Waals surface area contributed by atoms with E-state index in [1.165, 1.54) is 23.4 Å². The maximum atomic E-state index is 11.5. The highest BCUT2D eigenvalue weighted by Crippen LogP contribution is 2.37. The van der Waals surface area contributed by atoms with Crippen molar-refractivity contribution < 1.29 is 0 Å². The van der Waals surface area contributed by atoms with Crippen LogP contribution in [0.3, 0.4) is 0 Å². The maximum absolute atomic E-state index is 11.5. The van der Waals surface area contributed by atoms with Crippen LogP contribution in [0.15, 0.2) is 40.3 Å². The van der Waals surface area contributed by atoms with Gasteiger partial charge in [-0.1, -0.05) is 43.0 Å². The van der Waals surface area contributed by atoms with E-state index in [4.69, 9.17) is 11.5 Å². The molecule has 2 atom stereocenters. The van der Waals surface area contributed by atoms with E-state index >= 15 is 0 Å². The molecular weight excluding hydrogens is 284 g/mol. The van der Waals surface area contributed by atoms with Crippen LogP contribution in [0.2, 0.25) is 0 Å². The molecule has 0 amide bonds. The number of benzene rings is 1. The quantitative estimate of drug-likeness (QED) is 0.581. The van der Waals surface area contributed by atoms with Crippen LogP contribution in [-0.4, -0.2) is 16.0 Å². The Hall–Kier alpha value is -1.79. The van der Waals surface area contributed by atoms with Gasteiger partial charge in [0.1, 0.15) is 5.82 Å². The van der Waals surface area contributed by atoms with Crippen LogP contribution in [0.5, 0.6) is 0 Å². The van der Waals surface area contributed by atoms with Crippen LogP contribution in [-0.2, 0) is 0 Å². The van der Waals surface area contributed by atoms with Gasteiger partial charge in [-0.25, -0.2) is 4.98 Å². The highest BCUT2D eigenvalue weighted by Gasteiger charge is 2.22. The first kappa shape index (κ1) is 15.6. The van der Waals surface area contributed by atoms with Crippen LogP contribution in [0.1, 0.15) is 29.7 Å². The van der Waals surface area contributed by atoms with E-state index in [0.717, 1.165) is 12.0 Å². The van der Waals surface area contributed by atoms with Crippen molar-refractivity contribution in [3.63, 3.8) is 0 Å². The number of aryl methyl sites for hydroxylation is 1. The Morgan fingerprint density at radius 3 is 2.71 bits per heavy atom. The first-order valence-corrected chi connectivity index (χ1v) is 7.73. The van der Waals surface area contributed by atoms with Crippen LogP contribution < -0.4 is 17.0 Å². The summed E-state index contributed by atoms with van der Waals surface area (Å²) in [6, 6.07) is 9.34. The van der Waals surface area contributed by atoms with E-state index in [9.17, 15) is 4.79 Å². The number of thioether (sulfide) groups is 1. The van der Waals surface area contributed by atoms with Crippen molar-refractivity contribution in [1.29, 1.82) is 0 Å². The first-order chi connectivity index (χ1) is 10.0. The van der Waals surface area contributed by atoms with E-state index in [2.05, 4.69) is 29.0 Å².